The molecule has 1 saturated heterocycles. The summed E-state index contributed by atoms with van der Waals surface area (Å²) in [6.45, 7) is 6.96. The van der Waals surface area contributed by atoms with E-state index in [2.05, 4.69) is 14.9 Å². The van der Waals surface area contributed by atoms with Gasteiger partial charge in [0.2, 0.25) is 11.9 Å². The number of rotatable bonds is 3. The first kappa shape index (κ1) is 13.5. The minimum absolute atomic E-state index is 0.149. The Balaban J connectivity index is 1.93. The molecule has 102 valence electrons. The van der Waals surface area contributed by atoms with Crippen molar-refractivity contribution in [2.24, 2.45) is 0 Å². The van der Waals surface area contributed by atoms with Crippen LogP contribution in [0, 0.1) is 0 Å². The maximum absolute atomic E-state index is 12.1. The van der Waals surface area contributed by atoms with Gasteiger partial charge in [-0.05, 0) is 19.4 Å². The lowest BCUT2D eigenvalue weighted by molar-refractivity contribution is -0.127. The number of carbonyl (C=O) groups is 1. The van der Waals surface area contributed by atoms with E-state index in [1.807, 2.05) is 30.9 Å². The predicted octanol–water partition coefficient (Wildman–Crippen LogP) is 1.48. The van der Waals surface area contributed by atoms with Crippen LogP contribution in [0.1, 0.15) is 20.3 Å². The maximum atomic E-state index is 12.1. The molecular weight excluding hydrogens is 240 g/mol. The zero-order valence-electron chi connectivity index (χ0n) is 11.5. The van der Waals surface area contributed by atoms with Crippen LogP contribution >= 0.6 is 0 Å². The summed E-state index contributed by atoms with van der Waals surface area (Å²) in [5.41, 5.74) is 0.840. The lowest BCUT2D eigenvalue weighted by atomic mass is 10.2. The SMILES string of the molecule is CC/C=C(/C)C(=O)N1CCN(c2ncccn2)CC1. The van der Waals surface area contributed by atoms with E-state index in [0.717, 1.165) is 44.1 Å². The van der Waals surface area contributed by atoms with Crippen molar-refractivity contribution in [2.75, 3.05) is 31.1 Å². The van der Waals surface area contributed by atoms with E-state index in [-0.39, 0.29) is 5.91 Å². The Kier molecular flexibility index (Phi) is 4.49. The summed E-state index contributed by atoms with van der Waals surface area (Å²) in [4.78, 5) is 24.6. The quantitative estimate of drug-likeness (QED) is 0.772. The molecule has 0 unspecified atom stereocenters. The third-order valence-corrected chi connectivity index (χ3v) is 3.25. The van der Waals surface area contributed by atoms with E-state index >= 15 is 0 Å². The second kappa shape index (κ2) is 6.31. The van der Waals surface area contributed by atoms with Crippen molar-refractivity contribution in [2.45, 2.75) is 20.3 Å². The molecule has 5 heteroatoms. The standard InChI is InChI=1S/C14H20N4O/c1-3-5-12(2)13(19)17-8-10-18(11-9-17)14-15-6-4-7-16-14/h4-7H,3,8-11H2,1-2H3/b12-5-. The maximum Gasteiger partial charge on any atom is 0.249 e. The molecule has 0 spiro atoms. The number of nitrogens with zero attached hydrogens (tertiary/aromatic N) is 4. The molecule has 1 aromatic rings. The van der Waals surface area contributed by atoms with Crippen LogP contribution in [0.4, 0.5) is 5.95 Å². The van der Waals surface area contributed by atoms with Crippen molar-refractivity contribution in [3.8, 4) is 0 Å². The summed E-state index contributed by atoms with van der Waals surface area (Å²) >= 11 is 0. The van der Waals surface area contributed by atoms with Crippen molar-refractivity contribution in [1.29, 1.82) is 0 Å². The van der Waals surface area contributed by atoms with Gasteiger partial charge in [-0.25, -0.2) is 9.97 Å². The number of piperazine rings is 1. The zero-order valence-corrected chi connectivity index (χ0v) is 11.5. The summed E-state index contributed by atoms with van der Waals surface area (Å²) in [5.74, 6) is 0.894. The molecule has 0 saturated carbocycles. The molecule has 0 atom stereocenters. The van der Waals surface area contributed by atoms with Crippen molar-refractivity contribution >= 4 is 11.9 Å². The molecular formula is C14H20N4O. The van der Waals surface area contributed by atoms with Gasteiger partial charge in [0, 0.05) is 44.1 Å². The van der Waals surface area contributed by atoms with E-state index in [9.17, 15) is 4.79 Å². The van der Waals surface area contributed by atoms with Gasteiger partial charge in [0.25, 0.3) is 0 Å². The lowest BCUT2D eigenvalue weighted by Gasteiger charge is -2.34. The number of allylic oxidation sites excluding steroid dienone is 1. The van der Waals surface area contributed by atoms with Crippen molar-refractivity contribution < 1.29 is 4.79 Å². The van der Waals surface area contributed by atoms with Gasteiger partial charge in [-0.2, -0.15) is 0 Å². The van der Waals surface area contributed by atoms with Gasteiger partial charge in [-0.1, -0.05) is 13.0 Å². The Morgan fingerprint density at radius 3 is 2.47 bits per heavy atom. The highest BCUT2D eigenvalue weighted by molar-refractivity contribution is 5.92. The number of hydrogen-bond donors (Lipinski definition) is 0. The van der Waals surface area contributed by atoms with E-state index in [1.165, 1.54) is 0 Å². The third kappa shape index (κ3) is 3.30. The minimum atomic E-state index is 0.149. The minimum Gasteiger partial charge on any atom is -0.337 e. The van der Waals surface area contributed by atoms with Gasteiger partial charge in [0.1, 0.15) is 0 Å². The molecule has 1 aliphatic rings. The van der Waals surface area contributed by atoms with Crippen molar-refractivity contribution in [3.63, 3.8) is 0 Å². The average Bonchev–Trinajstić information content (AvgIpc) is 2.48. The van der Waals surface area contributed by atoms with Crippen LogP contribution in [0.2, 0.25) is 0 Å². The van der Waals surface area contributed by atoms with Crippen LogP contribution < -0.4 is 4.90 Å². The highest BCUT2D eigenvalue weighted by atomic mass is 16.2. The summed E-state index contributed by atoms with van der Waals surface area (Å²) in [7, 11) is 0. The molecule has 1 aliphatic heterocycles. The number of hydrogen-bond acceptors (Lipinski definition) is 4. The van der Waals surface area contributed by atoms with Gasteiger partial charge in [-0.15, -0.1) is 0 Å². The molecule has 1 aromatic heterocycles. The van der Waals surface area contributed by atoms with E-state index in [4.69, 9.17) is 0 Å². The molecule has 0 radical (unpaired) electrons. The van der Waals surface area contributed by atoms with Crippen LogP contribution in [0.25, 0.3) is 0 Å². The molecule has 0 aromatic carbocycles. The molecule has 0 bridgehead atoms. The number of carbonyl (C=O) groups excluding carboxylic acids is 1. The topological polar surface area (TPSA) is 49.3 Å². The normalized spacial score (nSPS) is 16.6. The van der Waals surface area contributed by atoms with Gasteiger partial charge in [-0.3, -0.25) is 4.79 Å². The fraction of sp³-hybridized carbons (Fsp3) is 0.500. The number of amides is 1. The zero-order chi connectivity index (χ0) is 13.7. The molecule has 19 heavy (non-hydrogen) atoms. The van der Waals surface area contributed by atoms with Crippen LogP contribution in [0.3, 0.4) is 0 Å². The largest absolute Gasteiger partial charge is 0.337 e. The summed E-state index contributed by atoms with van der Waals surface area (Å²) in [5, 5.41) is 0. The first-order valence-corrected chi connectivity index (χ1v) is 6.70. The molecule has 1 amide bonds. The second-order valence-electron chi connectivity index (χ2n) is 4.62. The smallest absolute Gasteiger partial charge is 0.249 e. The third-order valence-electron chi connectivity index (χ3n) is 3.25. The molecule has 1 fully saturated rings. The van der Waals surface area contributed by atoms with Crippen LogP contribution in [0.5, 0.6) is 0 Å². The van der Waals surface area contributed by atoms with Gasteiger partial charge >= 0.3 is 0 Å². The molecule has 0 N–H and O–H groups in total. The highest BCUT2D eigenvalue weighted by Gasteiger charge is 2.22. The molecule has 5 nitrogen and oxygen atoms in total. The Labute approximate surface area is 114 Å². The van der Waals surface area contributed by atoms with Gasteiger partial charge in [0.15, 0.2) is 0 Å². The first-order chi connectivity index (χ1) is 9.22. The van der Waals surface area contributed by atoms with E-state index < -0.39 is 0 Å². The number of anilines is 1. The molecule has 2 rings (SSSR count). The Morgan fingerprint density at radius 1 is 1.26 bits per heavy atom. The Morgan fingerprint density at radius 2 is 1.89 bits per heavy atom. The lowest BCUT2D eigenvalue weighted by Crippen LogP contribution is -2.49. The fourth-order valence-corrected chi connectivity index (χ4v) is 2.21. The van der Waals surface area contributed by atoms with Gasteiger partial charge < -0.3 is 9.80 Å². The van der Waals surface area contributed by atoms with Crippen LogP contribution in [-0.4, -0.2) is 47.0 Å². The summed E-state index contributed by atoms with van der Waals surface area (Å²) < 4.78 is 0. The molecule has 0 aliphatic carbocycles. The van der Waals surface area contributed by atoms with E-state index in [1.54, 1.807) is 12.4 Å². The van der Waals surface area contributed by atoms with Crippen molar-refractivity contribution in [1.82, 2.24) is 14.9 Å². The average molecular weight is 260 g/mol. The summed E-state index contributed by atoms with van der Waals surface area (Å²) in [6, 6.07) is 1.81. The van der Waals surface area contributed by atoms with E-state index in [0.29, 0.717) is 0 Å². The van der Waals surface area contributed by atoms with Crippen LogP contribution in [0.15, 0.2) is 30.1 Å². The summed E-state index contributed by atoms with van der Waals surface area (Å²) in [6.07, 6.45) is 6.37. The fourth-order valence-electron chi connectivity index (χ4n) is 2.21. The van der Waals surface area contributed by atoms with Crippen LogP contribution in [-0.2, 0) is 4.79 Å². The molecule has 2 heterocycles. The monoisotopic (exact) mass is 260 g/mol. The number of aromatic nitrogens is 2. The van der Waals surface area contributed by atoms with Gasteiger partial charge in [0.05, 0.1) is 0 Å². The predicted molar refractivity (Wildman–Crippen MR) is 74.9 cm³/mol. The Hall–Kier alpha value is -1.91. The highest BCUT2D eigenvalue weighted by Crippen LogP contribution is 2.11. The Bertz CT molecular complexity index is 450. The first-order valence-electron chi connectivity index (χ1n) is 6.70. The second-order valence-corrected chi connectivity index (χ2v) is 4.62. The van der Waals surface area contributed by atoms with Crippen molar-refractivity contribution in [3.05, 3.63) is 30.1 Å².